The minimum absolute atomic E-state index is 0.0921. The van der Waals surface area contributed by atoms with Gasteiger partial charge in [-0.1, -0.05) is 11.3 Å². The lowest BCUT2D eigenvalue weighted by atomic mass is 9.99. The molecule has 9 nitrogen and oxygen atoms in total. The van der Waals surface area contributed by atoms with Gasteiger partial charge in [0.15, 0.2) is 15.6 Å². The Kier molecular flexibility index (Phi) is 7.11. The summed E-state index contributed by atoms with van der Waals surface area (Å²) in [5.74, 6) is -0.395. The first-order valence-corrected chi connectivity index (χ1v) is 12.0. The van der Waals surface area contributed by atoms with Gasteiger partial charge in [0.2, 0.25) is 0 Å². The number of hydrogen-bond donors (Lipinski definition) is 1. The summed E-state index contributed by atoms with van der Waals surface area (Å²) in [6.45, 7) is 1.70. The van der Waals surface area contributed by atoms with Crippen LogP contribution in [0.5, 0.6) is 5.75 Å². The number of carbonyl (C=O) groups excluding carboxylic acids is 1. The van der Waals surface area contributed by atoms with Crippen molar-refractivity contribution in [3.8, 4) is 28.3 Å². The minimum Gasteiger partial charge on any atom is -0.494 e. The van der Waals surface area contributed by atoms with E-state index < -0.39 is 24.5 Å². The molecule has 1 N–H and O–H groups in total. The van der Waals surface area contributed by atoms with Crippen LogP contribution >= 0.6 is 11.3 Å². The molecule has 0 unspecified atom stereocenters. The summed E-state index contributed by atoms with van der Waals surface area (Å²) in [5, 5.41) is 2.85. The number of pyridine rings is 3. The van der Waals surface area contributed by atoms with Crippen molar-refractivity contribution >= 4 is 32.9 Å². The van der Waals surface area contributed by atoms with E-state index >= 15 is 0 Å². The number of thiazole rings is 1. The monoisotopic (exact) mass is 555 g/mol. The summed E-state index contributed by atoms with van der Waals surface area (Å²) >= 11 is 1.04. The van der Waals surface area contributed by atoms with Gasteiger partial charge in [0, 0.05) is 34.8 Å². The SMILES string of the molecule is COc1cnc(C(F)F)cc1-c1cc(C)ncc1C(=O)Nc1nc2ncc(-c3ccc(C(F)F)cn3)nc2s1. The van der Waals surface area contributed by atoms with Crippen LogP contribution in [-0.2, 0) is 0 Å². The third-order valence-corrected chi connectivity index (χ3v) is 6.41. The van der Waals surface area contributed by atoms with Gasteiger partial charge < -0.3 is 4.74 Å². The molecule has 0 saturated carbocycles. The zero-order valence-corrected chi connectivity index (χ0v) is 21.0. The quantitative estimate of drug-likeness (QED) is 0.241. The lowest BCUT2D eigenvalue weighted by Crippen LogP contribution is -2.14. The number of nitrogens with zero attached hydrogens (tertiary/aromatic N) is 6. The molecule has 0 spiro atoms. The highest BCUT2D eigenvalue weighted by atomic mass is 32.1. The number of methoxy groups -OCH3 is 1. The van der Waals surface area contributed by atoms with Crippen molar-refractivity contribution in [2.45, 2.75) is 19.8 Å². The van der Waals surface area contributed by atoms with Gasteiger partial charge in [-0.25, -0.2) is 27.5 Å². The minimum atomic E-state index is -2.82. The number of aryl methyl sites for hydroxylation is 1. The van der Waals surface area contributed by atoms with Crippen molar-refractivity contribution in [3.63, 3.8) is 0 Å². The Morgan fingerprint density at radius 3 is 2.41 bits per heavy atom. The predicted octanol–water partition coefficient (Wildman–Crippen LogP) is 6.05. The summed E-state index contributed by atoms with van der Waals surface area (Å²) < 4.78 is 57.7. The van der Waals surface area contributed by atoms with Crippen molar-refractivity contribution in [2.24, 2.45) is 0 Å². The van der Waals surface area contributed by atoms with Gasteiger partial charge in [0.05, 0.1) is 30.8 Å². The van der Waals surface area contributed by atoms with Gasteiger partial charge in [-0.15, -0.1) is 0 Å². The van der Waals surface area contributed by atoms with E-state index in [0.717, 1.165) is 17.5 Å². The second-order valence-corrected chi connectivity index (χ2v) is 9.09. The zero-order chi connectivity index (χ0) is 27.7. The third-order valence-electron chi connectivity index (χ3n) is 5.55. The standard InChI is InChI=1S/C25H17F4N7O2S/c1-11-5-13(14-6-17(21(28)29)32-10-19(14)38-2)15(8-30-11)23(37)36-25-35-22-24(39-25)34-18(9-33-22)16-4-3-12(7-31-16)20(26)27/h3-10,20-21H,1-2H3,(H,33,35,36,37). The topological polar surface area (TPSA) is 116 Å². The van der Waals surface area contributed by atoms with E-state index in [9.17, 15) is 22.4 Å². The fraction of sp³-hybridized carbons (Fsp3) is 0.160. The van der Waals surface area contributed by atoms with E-state index in [1.807, 2.05) is 0 Å². The fourth-order valence-electron chi connectivity index (χ4n) is 3.66. The average Bonchev–Trinajstić information content (AvgIpc) is 3.34. The highest BCUT2D eigenvalue weighted by molar-refractivity contribution is 7.21. The molecule has 0 fully saturated rings. The first kappa shape index (κ1) is 26.0. The number of rotatable bonds is 7. The molecular weight excluding hydrogens is 538 g/mol. The summed E-state index contributed by atoms with van der Waals surface area (Å²) in [6, 6.07) is 5.43. The molecule has 5 aromatic rings. The number of carbonyl (C=O) groups is 1. The lowest BCUT2D eigenvalue weighted by molar-refractivity contribution is 0.102. The summed E-state index contributed by atoms with van der Waals surface area (Å²) in [4.78, 5) is 38.5. The van der Waals surface area contributed by atoms with Gasteiger partial charge in [-0.05, 0) is 31.2 Å². The Labute approximate surface area is 222 Å². The molecular formula is C25H17F4N7O2S. The molecule has 0 saturated heterocycles. The molecule has 14 heteroatoms. The first-order chi connectivity index (χ1) is 18.7. The maximum atomic E-state index is 13.4. The molecule has 0 aromatic carbocycles. The van der Waals surface area contributed by atoms with Gasteiger partial charge in [0.25, 0.3) is 18.8 Å². The largest absolute Gasteiger partial charge is 0.494 e. The van der Waals surface area contributed by atoms with E-state index in [4.69, 9.17) is 4.74 Å². The number of anilines is 1. The van der Waals surface area contributed by atoms with Crippen molar-refractivity contribution in [1.29, 1.82) is 0 Å². The predicted molar refractivity (Wildman–Crippen MR) is 135 cm³/mol. The number of amides is 1. The van der Waals surface area contributed by atoms with Gasteiger partial charge in [0.1, 0.15) is 17.1 Å². The zero-order valence-electron chi connectivity index (χ0n) is 20.2. The van der Waals surface area contributed by atoms with Crippen LogP contribution in [0.15, 0.2) is 49.1 Å². The van der Waals surface area contributed by atoms with Crippen molar-refractivity contribution in [2.75, 3.05) is 12.4 Å². The molecule has 1 amide bonds. The highest BCUT2D eigenvalue weighted by Crippen LogP contribution is 2.35. The highest BCUT2D eigenvalue weighted by Gasteiger charge is 2.21. The van der Waals surface area contributed by atoms with Crippen LogP contribution < -0.4 is 10.1 Å². The number of ether oxygens (including phenoxy) is 1. The molecule has 5 aromatic heterocycles. The van der Waals surface area contributed by atoms with E-state index in [1.54, 1.807) is 13.0 Å². The Morgan fingerprint density at radius 2 is 1.72 bits per heavy atom. The van der Waals surface area contributed by atoms with Crippen molar-refractivity contribution < 1.29 is 27.1 Å². The van der Waals surface area contributed by atoms with Gasteiger partial charge in [-0.3, -0.25) is 25.1 Å². The number of halogens is 4. The average molecular weight is 556 g/mol. The Balaban J connectivity index is 1.46. The number of hydrogen-bond acceptors (Lipinski definition) is 9. The molecule has 5 heterocycles. The Bertz CT molecular complexity index is 1680. The van der Waals surface area contributed by atoms with Crippen LogP contribution in [0, 0.1) is 6.92 Å². The summed E-state index contributed by atoms with van der Waals surface area (Å²) in [7, 11) is 1.37. The second kappa shape index (κ2) is 10.6. The van der Waals surface area contributed by atoms with Crippen LogP contribution in [-0.4, -0.2) is 42.9 Å². The van der Waals surface area contributed by atoms with Crippen molar-refractivity contribution in [1.82, 2.24) is 29.9 Å². The van der Waals surface area contributed by atoms with Crippen LogP contribution in [0.3, 0.4) is 0 Å². The lowest BCUT2D eigenvalue weighted by Gasteiger charge is -2.14. The van der Waals surface area contributed by atoms with E-state index in [2.05, 4.69) is 35.2 Å². The molecule has 0 atom stereocenters. The molecule has 0 bridgehead atoms. The van der Waals surface area contributed by atoms with E-state index in [-0.39, 0.29) is 33.2 Å². The van der Waals surface area contributed by atoms with Crippen LogP contribution in [0.1, 0.15) is 40.2 Å². The third kappa shape index (κ3) is 5.36. The maximum absolute atomic E-state index is 13.4. The van der Waals surface area contributed by atoms with E-state index in [0.29, 0.717) is 27.5 Å². The maximum Gasteiger partial charge on any atom is 0.280 e. The molecule has 0 aliphatic heterocycles. The Morgan fingerprint density at radius 1 is 0.897 bits per heavy atom. The van der Waals surface area contributed by atoms with Crippen LogP contribution in [0.4, 0.5) is 22.7 Å². The summed E-state index contributed by atoms with van der Waals surface area (Å²) in [6.07, 6.45) is -0.482. The van der Waals surface area contributed by atoms with Crippen molar-refractivity contribution in [3.05, 3.63) is 71.6 Å². The first-order valence-electron chi connectivity index (χ1n) is 11.2. The number of nitrogens with one attached hydrogen (secondary N) is 1. The molecule has 0 aliphatic rings. The smallest absolute Gasteiger partial charge is 0.280 e. The molecule has 5 rings (SSSR count). The fourth-order valence-corrected chi connectivity index (χ4v) is 4.46. The normalized spacial score (nSPS) is 11.4. The van der Waals surface area contributed by atoms with E-state index in [1.165, 1.54) is 43.9 Å². The molecule has 198 valence electrons. The number of alkyl halides is 4. The van der Waals surface area contributed by atoms with Gasteiger partial charge in [-0.2, -0.15) is 4.98 Å². The number of fused-ring (bicyclic) bond motifs is 1. The Hall–Kier alpha value is -4.59. The number of aromatic nitrogens is 6. The second-order valence-electron chi connectivity index (χ2n) is 8.12. The van der Waals surface area contributed by atoms with Gasteiger partial charge >= 0.3 is 0 Å². The van der Waals surface area contributed by atoms with Crippen LogP contribution in [0.25, 0.3) is 33.0 Å². The molecule has 0 aliphatic carbocycles. The van der Waals surface area contributed by atoms with Crippen LogP contribution in [0.2, 0.25) is 0 Å². The molecule has 0 radical (unpaired) electrons. The molecule has 39 heavy (non-hydrogen) atoms. The summed E-state index contributed by atoms with van der Waals surface area (Å²) in [5.41, 5.74) is 1.47.